The van der Waals surface area contributed by atoms with E-state index in [1.807, 2.05) is 11.0 Å². The second kappa shape index (κ2) is 17.3. The molecule has 6 amide bonds. The Morgan fingerprint density at radius 1 is 0.935 bits per heavy atom. The molecule has 5 aromatic rings. The minimum Gasteiger partial charge on any atom is -0.496 e. The SMILES string of the molecule is COc1cccc(F)c1-c1nccc(C(=O)Nc2ccc(-c3cnccc3C#N)cc2N2CCN(C(=O)CCNc3cccc4c3C(=O)N(C3CCC(=O)NC3=O)C4=O)CC2)n1. The first-order valence-electron chi connectivity index (χ1n) is 19.6. The molecule has 3 aliphatic rings. The number of amides is 6. The number of imide groups is 2. The highest BCUT2D eigenvalue weighted by atomic mass is 19.1. The molecule has 0 bridgehead atoms. The Morgan fingerprint density at radius 2 is 1.74 bits per heavy atom. The minimum absolute atomic E-state index is 0.00500. The van der Waals surface area contributed by atoms with Crippen molar-refractivity contribution in [3.05, 3.63) is 114 Å². The van der Waals surface area contributed by atoms with Crippen molar-refractivity contribution in [1.29, 1.82) is 5.26 Å². The number of halogens is 1. The van der Waals surface area contributed by atoms with Gasteiger partial charge in [-0.15, -0.1) is 0 Å². The number of carbonyl (C=O) groups excluding carboxylic acids is 6. The number of benzene rings is 3. The van der Waals surface area contributed by atoms with Crippen molar-refractivity contribution in [2.45, 2.75) is 25.3 Å². The molecule has 8 rings (SSSR count). The third kappa shape index (κ3) is 7.86. The molecular weight excluding hydrogens is 800 g/mol. The molecule has 17 nitrogen and oxygen atoms in total. The molecule has 3 aromatic carbocycles. The van der Waals surface area contributed by atoms with Gasteiger partial charge in [0.25, 0.3) is 17.7 Å². The van der Waals surface area contributed by atoms with Crippen molar-refractivity contribution >= 4 is 52.5 Å². The summed E-state index contributed by atoms with van der Waals surface area (Å²) in [6.45, 7) is 1.58. The molecule has 2 fully saturated rings. The number of nitrogens with zero attached hydrogens (tertiary/aromatic N) is 7. The summed E-state index contributed by atoms with van der Waals surface area (Å²) in [5, 5.41) is 18.1. The quantitative estimate of drug-likeness (QED) is 0.160. The number of aromatic nitrogens is 3. The Hall–Kier alpha value is -8.07. The molecule has 0 spiro atoms. The fourth-order valence-corrected chi connectivity index (χ4v) is 7.79. The number of hydrogen-bond donors (Lipinski definition) is 3. The lowest BCUT2D eigenvalue weighted by molar-refractivity contribution is -0.136. The molecule has 5 heterocycles. The van der Waals surface area contributed by atoms with E-state index in [0.29, 0.717) is 59.9 Å². The number of rotatable bonds is 11. The minimum atomic E-state index is -1.10. The number of fused-ring (bicyclic) bond motifs is 1. The topological polar surface area (TPSA) is 220 Å². The maximum absolute atomic E-state index is 14.9. The van der Waals surface area contributed by atoms with Gasteiger partial charge in [-0.1, -0.05) is 18.2 Å². The first-order chi connectivity index (χ1) is 30.1. The van der Waals surface area contributed by atoms with E-state index in [9.17, 15) is 38.4 Å². The van der Waals surface area contributed by atoms with E-state index in [-0.39, 0.29) is 65.7 Å². The van der Waals surface area contributed by atoms with Crippen LogP contribution in [-0.2, 0) is 14.4 Å². The predicted molar refractivity (Wildman–Crippen MR) is 221 cm³/mol. The summed E-state index contributed by atoms with van der Waals surface area (Å²) in [7, 11) is 1.39. The second-order valence-electron chi connectivity index (χ2n) is 14.5. The molecular formula is C44H37FN10O7. The number of anilines is 3. The van der Waals surface area contributed by atoms with Gasteiger partial charge in [0.15, 0.2) is 5.82 Å². The van der Waals surface area contributed by atoms with Crippen molar-refractivity contribution in [1.82, 2.24) is 30.1 Å². The maximum Gasteiger partial charge on any atom is 0.274 e. The summed E-state index contributed by atoms with van der Waals surface area (Å²) in [4.78, 5) is 95.6. The summed E-state index contributed by atoms with van der Waals surface area (Å²) >= 11 is 0. The Morgan fingerprint density at radius 3 is 2.52 bits per heavy atom. The molecule has 3 aliphatic heterocycles. The number of carbonyl (C=O) groups is 6. The number of hydrogen-bond acceptors (Lipinski definition) is 13. The third-order valence-corrected chi connectivity index (χ3v) is 10.9. The smallest absolute Gasteiger partial charge is 0.274 e. The summed E-state index contributed by atoms with van der Waals surface area (Å²) < 4.78 is 20.2. The van der Waals surface area contributed by atoms with Crippen LogP contribution in [0.3, 0.4) is 0 Å². The molecule has 0 saturated carbocycles. The number of piperidine rings is 1. The van der Waals surface area contributed by atoms with Crippen molar-refractivity contribution in [3.8, 4) is 34.3 Å². The van der Waals surface area contributed by atoms with Crippen LogP contribution >= 0.6 is 0 Å². The highest BCUT2D eigenvalue weighted by molar-refractivity contribution is 6.25. The molecule has 1 atom stereocenters. The molecule has 312 valence electrons. The van der Waals surface area contributed by atoms with Gasteiger partial charge < -0.3 is 25.2 Å². The van der Waals surface area contributed by atoms with Gasteiger partial charge in [-0.25, -0.2) is 14.4 Å². The lowest BCUT2D eigenvalue weighted by Gasteiger charge is -2.37. The standard InChI is InChI=1S/C44H37FN10O7/c1-62-35-7-3-5-29(45)39(35)40-49-16-13-32(50-40)41(58)51-30-9-8-25(28-24-47-15-12-26(28)23-46)22-34(30)53-18-20-54(21-19-53)37(57)14-17-48-31-6-2-4-27-38(31)44(61)55(43(27)60)33-10-11-36(56)52-42(33)59/h2-9,12-13,15-16,22,24,33,48H,10-11,14,17-21H2,1H3,(H,51,58)(H,52,56,59). The van der Waals surface area contributed by atoms with E-state index < -0.39 is 41.4 Å². The van der Waals surface area contributed by atoms with E-state index in [2.05, 4.69) is 37.0 Å². The lowest BCUT2D eigenvalue weighted by Crippen LogP contribution is -2.54. The fourth-order valence-electron chi connectivity index (χ4n) is 7.79. The largest absolute Gasteiger partial charge is 0.496 e. The van der Waals surface area contributed by atoms with Gasteiger partial charge in [0.05, 0.1) is 46.8 Å². The van der Waals surface area contributed by atoms with Crippen LogP contribution in [0.1, 0.15) is 56.0 Å². The zero-order valence-corrected chi connectivity index (χ0v) is 33.2. The number of methoxy groups -OCH3 is 1. The predicted octanol–water partition coefficient (Wildman–Crippen LogP) is 4.03. The molecule has 3 N–H and O–H groups in total. The van der Waals surface area contributed by atoms with Crippen LogP contribution in [0.2, 0.25) is 0 Å². The number of piperazine rings is 1. The fraction of sp³-hybridized carbons (Fsp3) is 0.227. The maximum atomic E-state index is 14.9. The molecule has 1 unspecified atom stereocenters. The average molecular weight is 837 g/mol. The van der Waals surface area contributed by atoms with Gasteiger partial charge in [0, 0.05) is 75.4 Å². The zero-order valence-electron chi connectivity index (χ0n) is 33.2. The van der Waals surface area contributed by atoms with Gasteiger partial charge in [-0.2, -0.15) is 5.26 Å². The van der Waals surface area contributed by atoms with Crippen LogP contribution in [0.5, 0.6) is 5.75 Å². The number of nitrogens with one attached hydrogen (secondary N) is 3. The summed E-state index contributed by atoms with van der Waals surface area (Å²) in [6.07, 6.45) is 4.58. The number of nitriles is 1. The van der Waals surface area contributed by atoms with E-state index >= 15 is 0 Å². The van der Waals surface area contributed by atoms with Crippen LogP contribution < -0.4 is 25.6 Å². The summed E-state index contributed by atoms with van der Waals surface area (Å²) in [5.41, 5.74) is 3.28. The third-order valence-electron chi connectivity index (χ3n) is 10.9. The van der Waals surface area contributed by atoms with E-state index in [1.54, 1.807) is 47.5 Å². The average Bonchev–Trinajstić information content (AvgIpc) is 3.55. The van der Waals surface area contributed by atoms with Gasteiger partial charge in [-0.3, -0.25) is 44.0 Å². The normalized spacial score (nSPS) is 16.1. The Kier molecular flexibility index (Phi) is 11.3. The number of ether oxygens (including phenoxy) is 1. The van der Waals surface area contributed by atoms with Crippen LogP contribution in [0.15, 0.2) is 85.3 Å². The van der Waals surface area contributed by atoms with Gasteiger partial charge in [0.2, 0.25) is 17.7 Å². The van der Waals surface area contributed by atoms with Crippen LogP contribution in [0.25, 0.3) is 22.5 Å². The van der Waals surface area contributed by atoms with Crippen molar-refractivity contribution in [3.63, 3.8) is 0 Å². The van der Waals surface area contributed by atoms with E-state index in [4.69, 9.17) is 4.74 Å². The Balaban J connectivity index is 0.956. The van der Waals surface area contributed by atoms with Crippen LogP contribution in [0, 0.1) is 17.1 Å². The van der Waals surface area contributed by atoms with Crippen molar-refractivity contribution in [2.24, 2.45) is 0 Å². The van der Waals surface area contributed by atoms with E-state index in [0.717, 1.165) is 4.90 Å². The number of pyridine rings is 1. The Labute approximate surface area is 353 Å². The molecule has 0 aliphatic carbocycles. The highest BCUT2D eigenvalue weighted by Crippen LogP contribution is 2.36. The molecule has 62 heavy (non-hydrogen) atoms. The van der Waals surface area contributed by atoms with Crippen molar-refractivity contribution < 1.29 is 37.9 Å². The first-order valence-corrected chi connectivity index (χ1v) is 19.6. The Bertz CT molecular complexity index is 2710. The molecule has 0 radical (unpaired) electrons. The van der Waals surface area contributed by atoms with Crippen molar-refractivity contribution in [2.75, 3.05) is 55.4 Å². The second-order valence-corrected chi connectivity index (χ2v) is 14.5. The highest BCUT2D eigenvalue weighted by Gasteiger charge is 2.45. The monoisotopic (exact) mass is 836 g/mol. The first kappa shape index (κ1) is 40.7. The summed E-state index contributed by atoms with van der Waals surface area (Å²) in [6, 6.07) is 18.5. The molecule has 2 saturated heterocycles. The van der Waals surface area contributed by atoms with Crippen LogP contribution in [0.4, 0.5) is 21.5 Å². The van der Waals surface area contributed by atoms with Crippen LogP contribution in [-0.4, -0.2) is 106 Å². The van der Waals surface area contributed by atoms with Gasteiger partial charge >= 0.3 is 0 Å². The van der Waals surface area contributed by atoms with E-state index in [1.165, 1.54) is 43.8 Å². The molecule has 18 heteroatoms. The van der Waals surface area contributed by atoms with Gasteiger partial charge in [-0.05, 0) is 60.5 Å². The molecule has 2 aromatic heterocycles. The van der Waals surface area contributed by atoms with Gasteiger partial charge in [0.1, 0.15) is 23.3 Å². The zero-order chi connectivity index (χ0) is 43.5. The summed E-state index contributed by atoms with van der Waals surface area (Å²) in [5.74, 6) is -3.63. The lowest BCUT2D eigenvalue weighted by atomic mass is 10.0.